The number of nitrogens with zero attached hydrogens (tertiary/aromatic N) is 1. The molecule has 2 heteroatoms. The maximum atomic E-state index is 10.4. The Hall–Kier alpha value is -1.38. The number of fused-ring (bicyclic) bond motifs is 1. The van der Waals surface area contributed by atoms with Gasteiger partial charge in [-0.05, 0) is 54.8 Å². The molecule has 1 heterocycles. The first-order valence-electron chi connectivity index (χ1n) is 7.72. The van der Waals surface area contributed by atoms with E-state index in [1.165, 1.54) is 43.1 Å². The van der Waals surface area contributed by atoms with Gasteiger partial charge in [-0.25, -0.2) is 0 Å². The molecular formula is C18H23NO. The first kappa shape index (κ1) is 13.6. The van der Waals surface area contributed by atoms with Gasteiger partial charge in [-0.3, -0.25) is 0 Å². The molecule has 1 saturated heterocycles. The molecule has 0 radical (unpaired) electrons. The van der Waals surface area contributed by atoms with Crippen LogP contribution in [0.5, 0.6) is 0 Å². The highest BCUT2D eigenvalue weighted by Crippen LogP contribution is 2.23. The number of piperidine rings is 1. The summed E-state index contributed by atoms with van der Waals surface area (Å²) in [5.41, 5.74) is 1.04. The monoisotopic (exact) mass is 269 g/mol. The average Bonchev–Trinajstić information content (AvgIpc) is 2.53. The molecule has 0 aliphatic carbocycles. The molecule has 0 unspecified atom stereocenters. The van der Waals surface area contributed by atoms with E-state index in [2.05, 4.69) is 41.3 Å². The van der Waals surface area contributed by atoms with Crippen molar-refractivity contribution in [2.75, 3.05) is 19.6 Å². The van der Waals surface area contributed by atoms with Gasteiger partial charge < -0.3 is 10.0 Å². The van der Waals surface area contributed by atoms with Gasteiger partial charge in [0.15, 0.2) is 0 Å². The number of aliphatic hydroxyl groups is 1. The second-order valence-electron chi connectivity index (χ2n) is 5.81. The number of aliphatic hydroxyl groups excluding tert-OH is 1. The molecule has 1 fully saturated rings. The van der Waals surface area contributed by atoms with E-state index in [4.69, 9.17) is 0 Å². The highest BCUT2D eigenvalue weighted by Gasteiger charge is 2.13. The molecule has 0 spiro atoms. The van der Waals surface area contributed by atoms with Gasteiger partial charge in [0, 0.05) is 6.54 Å². The molecule has 1 aliphatic rings. The summed E-state index contributed by atoms with van der Waals surface area (Å²) < 4.78 is 0. The fraction of sp³-hybridized carbons (Fsp3) is 0.444. The summed E-state index contributed by atoms with van der Waals surface area (Å²) >= 11 is 0. The molecular weight excluding hydrogens is 246 g/mol. The van der Waals surface area contributed by atoms with Crippen molar-refractivity contribution in [2.45, 2.75) is 31.8 Å². The summed E-state index contributed by atoms with van der Waals surface area (Å²) in [4.78, 5) is 2.48. The van der Waals surface area contributed by atoms with E-state index in [1.54, 1.807) is 0 Å². The quantitative estimate of drug-likeness (QED) is 0.913. The fourth-order valence-corrected chi connectivity index (χ4v) is 3.07. The zero-order valence-corrected chi connectivity index (χ0v) is 12.0. The van der Waals surface area contributed by atoms with Crippen molar-refractivity contribution < 1.29 is 5.11 Å². The Kier molecular flexibility index (Phi) is 4.34. The molecule has 1 aliphatic heterocycles. The van der Waals surface area contributed by atoms with E-state index in [0.717, 1.165) is 18.5 Å². The fourth-order valence-electron chi connectivity index (χ4n) is 3.07. The maximum Gasteiger partial charge on any atom is 0.0802 e. The van der Waals surface area contributed by atoms with Crippen molar-refractivity contribution in [3.05, 3.63) is 48.0 Å². The van der Waals surface area contributed by atoms with E-state index < -0.39 is 0 Å². The molecule has 1 N–H and O–H groups in total. The molecule has 0 bridgehead atoms. The molecule has 2 nitrogen and oxygen atoms in total. The first-order valence-corrected chi connectivity index (χ1v) is 7.72. The van der Waals surface area contributed by atoms with Crippen LogP contribution in [0.3, 0.4) is 0 Å². The summed E-state index contributed by atoms with van der Waals surface area (Å²) in [5, 5.41) is 12.8. The lowest BCUT2D eigenvalue weighted by molar-refractivity contribution is 0.134. The van der Waals surface area contributed by atoms with Crippen LogP contribution >= 0.6 is 0 Å². The minimum atomic E-state index is -0.346. The summed E-state index contributed by atoms with van der Waals surface area (Å²) in [6.07, 6.45) is 4.47. The highest BCUT2D eigenvalue weighted by molar-refractivity contribution is 5.83. The number of likely N-dealkylation sites (tertiary alicyclic amines) is 1. The minimum Gasteiger partial charge on any atom is -0.388 e. The Morgan fingerprint density at radius 3 is 2.50 bits per heavy atom. The third kappa shape index (κ3) is 3.20. The van der Waals surface area contributed by atoms with Crippen molar-refractivity contribution in [3.8, 4) is 0 Å². The van der Waals surface area contributed by atoms with Crippen LogP contribution in [0.4, 0.5) is 0 Å². The Morgan fingerprint density at radius 1 is 0.950 bits per heavy atom. The Labute approximate surface area is 121 Å². The van der Waals surface area contributed by atoms with Crippen LogP contribution in [0.1, 0.15) is 37.4 Å². The molecule has 0 saturated carbocycles. The van der Waals surface area contributed by atoms with Gasteiger partial charge in [-0.2, -0.15) is 0 Å². The van der Waals surface area contributed by atoms with Gasteiger partial charge >= 0.3 is 0 Å². The highest BCUT2D eigenvalue weighted by atomic mass is 16.3. The van der Waals surface area contributed by atoms with Crippen LogP contribution in [0.15, 0.2) is 42.5 Å². The third-order valence-corrected chi connectivity index (χ3v) is 4.33. The number of benzene rings is 2. The Morgan fingerprint density at radius 2 is 1.70 bits per heavy atom. The molecule has 1 atom stereocenters. The predicted octanol–water partition coefficient (Wildman–Crippen LogP) is 3.75. The topological polar surface area (TPSA) is 23.5 Å². The van der Waals surface area contributed by atoms with Gasteiger partial charge in [0.2, 0.25) is 0 Å². The van der Waals surface area contributed by atoms with Crippen molar-refractivity contribution in [2.24, 2.45) is 0 Å². The molecule has 2 aromatic rings. The van der Waals surface area contributed by atoms with Crippen molar-refractivity contribution >= 4 is 10.8 Å². The van der Waals surface area contributed by atoms with Gasteiger partial charge in [0.05, 0.1) is 6.10 Å². The van der Waals surface area contributed by atoms with Crippen LogP contribution < -0.4 is 0 Å². The second kappa shape index (κ2) is 6.38. The second-order valence-corrected chi connectivity index (χ2v) is 5.81. The van der Waals surface area contributed by atoms with Crippen LogP contribution in [0, 0.1) is 0 Å². The maximum absolute atomic E-state index is 10.4. The number of rotatable bonds is 4. The zero-order valence-electron chi connectivity index (χ0n) is 12.0. The summed E-state index contributed by atoms with van der Waals surface area (Å²) in [7, 11) is 0. The lowest BCUT2D eigenvalue weighted by Gasteiger charge is -2.27. The lowest BCUT2D eigenvalue weighted by atomic mass is 10.0. The predicted molar refractivity (Wildman–Crippen MR) is 83.8 cm³/mol. The third-order valence-electron chi connectivity index (χ3n) is 4.33. The SMILES string of the molecule is O[C@@H](CCN1CCCCC1)c1ccc2ccccc2c1. The smallest absolute Gasteiger partial charge is 0.0802 e. The standard InChI is InChI=1S/C18H23NO/c20-18(10-13-19-11-4-1-5-12-19)17-9-8-15-6-2-3-7-16(15)14-17/h2-3,6-9,14,18,20H,1,4-5,10-13H2/t18-/m0/s1. The molecule has 3 rings (SSSR count). The van der Waals surface area contributed by atoms with Crippen molar-refractivity contribution in [3.63, 3.8) is 0 Å². The van der Waals surface area contributed by atoms with E-state index in [9.17, 15) is 5.11 Å². The van der Waals surface area contributed by atoms with Gasteiger partial charge in [0.1, 0.15) is 0 Å². The molecule has 0 amide bonds. The van der Waals surface area contributed by atoms with E-state index >= 15 is 0 Å². The number of hydrogen-bond donors (Lipinski definition) is 1. The Bertz CT molecular complexity index is 560. The number of hydrogen-bond acceptors (Lipinski definition) is 2. The summed E-state index contributed by atoms with van der Waals surface area (Å²) in [5.74, 6) is 0. The van der Waals surface area contributed by atoms with Crippen LogP contribution in [0.25, 0.3) is 10.8 Å². The zero-order chi connectivity index (χ0) is 13.8. The normalized spacial score (nSPS) is 18.2. The first-order chi connectivity index (χ1) is 9.83. The largest absolute Gasteiger partial charge is 0.388 e. The molecule has 0 aromatic heterocycles. The molecule has 106 valence electrons. The lowest BCUT2D eigenvalue weighted by Crippen LogP contribution is -2.31. The van der Waals surface area contributed by atoms with Gasteiger partial charge in [0.25, 0.3) is 0 Å². The molecule has 20 heavy (non-hydrogen) atoms. The molecule has 2 aromatic carbocycles. The summed E-state index contributed by atoms with van der Waals surface area (Å²) in [6.45, 7) is 3.41. The van der Waals surface area contributed by atoms with E-state index in [1.807, 2.05) is 6.07 Å². The van der Waals surface area contributed by atoms with Crippen molar-refractivity contribution in [1.29, 1.82) is 0 Å². The van der Waals surface area contributed by atoms with Crippen molar-refractivity contribution in [1.82, 2.24) is 4.90 Å². The van der Waals surface area contributed by atoms with Gasteiger partial charge in [-0.15, -0.1) is 0 Å². The minimum absolute atomic E-state index is 0.346. The van der Waals surface area contributed by atoms with Crippen LogP contribution in [-0.2, 0) is 0 Å². The summed E-state index contributed by atoms with van der Waals surface area (Å²) in [6, 6.07) is 14.6. The van der Waals surface area contributed by atoms with Crippen LogP contribution in [-0.4, -0.2) is 29.6 Å². The van der Waals surface area contributed by atoms with E-state index in [-0.39, 0.29) is 6.10 Å². The van der Waals surface area contributed by atoms with Crippen LogP contribution in [0.2, 0.25) is 0 Å². The van der Waals surface area contributed by atoms with E-state index in [0.29, 0.717) is 0 Å². The van der Waals surface area contributed by atoms with Gasteiger partial charge in [-0.1, -0.05) is 42.8 Å². The Balaban J connectivity index is 1.64. The average molecular weight is 269 g/mol.